The van der Waals surface area contributed by atoms with Crippen LogP contribution in [0.5, 0.6) is 0 Å². The number of anilines is 1. The molecule has 3 rings (SSSR count). The van der Waals surface area contributed by atoms with Gasteiger partial charge >= 0.3 is 0 Å². The van der Waals surface area contributed by atoms with Crippen molar-refractivity contribution in [2.45, 2.75) is 6.92 Å². The van der Waals surface area contributed by atoms with Gasteiger partial charge in [-0.2, -0.15) is 0 Å². The van der Waals surface area contributed by atoms with Crippen LogP contribution in [0.25, 0.3) is 10.2 Å². The van der Waals surface area contributed by atoms with Crippen LogP contribution in [0, 0.1) is 6.92 Å². The van der Waals surface area contributed by atoms with Gasteiger partial charge in [-0.05, 0) is 53.2 Å². The Balaban J connectivity index is 1.90. The van der Waals surface area contributed by atoms with Crippen LogP contribution in [0.4, 0.5) is 5.69 Å². The molecule has 0 fully saturated rings. The van der Waals surface area contributed by atoms with Crippen LogP contribution < -0.4 is 5.32 Å². The molecule has 1 aromatic heterocycles. The fourth-order valence-electron chi connectivity index (χ4n) is 2.00. The van der Waals surface area contributed by atoms with Crippen molar-refractivity contribution < 1.29 is 4.79 Å². The summed E-state index contributed by atoms with van der Waals surface area (Å²) in [6.07, 6.45) is 0. The number of benzene rings is 2. The zero-order valence-electron chi connectivity index (χ0n) is 11.0. The second-order valence-corrected chi connectivity index (χ2v) is 6.94. The number of nitrogens with zero attached hydrogens (tertiary/aromatic N) is 1. The van der Waals surface area contributed by atoms with Crippen LogP contribution in [-0.4, -0.2) is 10.9 Å². The van der Waals surface area contributed by atoms with E-state index in [-0.39, 0.29) is 5.91 Å². The normalized spacial score (nSPS) is 10.8. The predicted octanol–water partition coefficient (Wildman–Crippen LogP) is 5.27. The highest BCUT2D eigenvalue weighted by molar-refractivity contribution is 9.10. The summed E-state index contributed by atoms with van der Waals surface area (Å²) < 4.78 is 1.75. The fraction of sp³-hybridized carbons (Fsp3) is 0.0667. The molecule has 0 aliphatic heterocycles. The number of hydrogen-bond acceptors (Lipinski definition) is 3. The lowest BCUT2D eigenvalue weighted by Crippen LogP contribution is -2.12. The maximum Gasteiger partial charge on any atom is 0.257 e. The van der Waals surface area contributed by atoms with Gasteiger partial charge in [-0.15, -0.1) is 11.3 Å². The third-order valence-corrected chi connectivity index (χ3v) is 5.18. The highest BCUT2D eigenvalue weighted by atomic mass is 79.9. The van der Waals surface area contributed by atoms with E-state index in [0.717, 1.165) is 20.9 Å². The number of aromatic nitrogens is 1. The summed E-state index contributed by atoms with van der Waals surface area (Å²) in [7, 11) is 0. The van der Waals surface area contributed by atoms with E-state index in [9.17, 15) is 4.79 Å². The highest BCUT2D eigenvalue weighted by Gasteiger charge is 2.13. The molecular formula is C15H10BrClN2OS. The quantitative estimate of drug-likeness (QED) is 0.657. The van der Waals surface area contributed by atoms with E-state index in [1.54, 1.807) is 29.5 Å². The Kier molecular flexibility index (Phi) is 3.97. The first-order valence-corrected chi connectivity index (χ1v) is 8.16. The van der Waals surface area contributed by atoms with Crippen molar-refractivity contribution in [2.75, 3.05) is 5.32 Å². The minimum atomic E-state index is -0.234. The molecule has 1 amide bonds. The van der Waals surface area contributed by atoms with Crippen molar-refractivity contribution in [2.24, 2.45) is 0 Å². The summed E-state index contributed by atoms with van der Waals surface area (Å²) in [5.41, 5.74) is 2.11. The van der Waals surface area contributed by atoms with Crippen molar-refractivity contribution in [3.63, 3.8) is 0 Å². The van der Waals surface area contributed by atoms with Crippen molar-refractivity contribution in [3.8, 4) is 0 Å². The Labute approximate surface area is 139 Å². The Bertz CT molecular complexity index is 847. The molecule has 0 aliphatic rings. The van der Waals surface area contributed by atoms with Crippen molar-refractivity contribution in [3.05, 3.63) is 56.5 Å². The first-order chi connectivity index (χ1) is 10.0. The second kappa shape index (κ2) is 5.75. The van der Waals surface area contributed by atoms with E-state index in [0.29, 0.717) is 15.1 Å². The fourth-order valence-corrected chi connectivity index (χ4v) is 3.44. The zero-order chi connectivity index (χ0) is 15.0. The molecule has 3 nitrogen and oxygen atoms in total. The van der Waals surface area contributed by atoms with Gasteiger partial charge in [0, 0.05) is 10.2 Å². The van der Waals surface area contributed by atoms with Crippen LogP contribution in [-0.2, 0) is 0 Å². The number of carbonyl (C=O) groups is 1. The molecule has 6 heteroatoms. The summed E-state index contributed by atoms with van der Waals surface area (Å²) in [6.45, 7) is 1.96. The lowest BCUT2D eigenvalue weighted by atomic mass is 10.2. The van der Waals surface area contributed by atoms with E-state index in [1.165, 1.54) is 0 Å². The van der Waals surface area contributed by atoms with Gasteiger partial charge in [0.1, 0.15) is 0 Å². The largest absolute Gasteiger partial charge is 0.322 e. The Morgan fingerprint density at radius 2 is 2.14 bits per heavy atom. The molecule has 0 spiro atoms. The average molecular weight is 382 g/mol. The molecule has 1 N–H and O–H groups in total. The lowest BCUT2D eigenvalue weighted by molar-refractivity contribution is 0.102. The summed E-state index contributed by atoms with van der Waals surface area (Å²) >= 11 is 11.1. The number of hydrogen-bond donors (Lipinski definition) is 1. The molecule has 3 aromatic rings. The number of amides is 1. The molecule has 0 bridgehead atoms. The third kappa shape index (κ3) is 2.95. The number of rotatable bonds is 2. The topological polar surface area (TPSA) is 42.0 Å². The molecule has 0 saturated heterocycles. The predicted molar refractivity (Wildman–Crippen MR) is 91.5 cm³/mol. The van der Waals surface area contributed by atoms with Gasteiger partial charge in [-0.3, -0.25) is 4.79 Å². The Morgan fingerprint density at radius 1 is 1.33 bits per heavy atom. The minimum Gasteiger partial charge on any atom is -0.322 e. The monoisotopic (exact) mass is 380 g/mol. The average Bonchev–Trinajstić information content (AvgIpc) is 2.81. The van der Waals surface area contributed by atoms with E-state index in [1.807, 2.05) is 25.1 Å². The number of aryl methyl sites for hydroxylation is 1. The number of nitrogens with one attached hydrogen (secondary N) is 1. The maximum atomic E-state index is 12.3. The summed E-state index contributed by atoms with van der Waals surface area (Å²) in [4.78, 5) is 16.7. The number of carbonyl (C=O) groups excluding carboxylic acids is 1. The molecule has 2 aromatic carbocycles. The van der Waals surface area contributed by atoms with Gasteiger partial charge in [-0.25, -0.2) is 4.98 Å². The van der Waals surface area contributed by atoms with E-state index >= 15 is 0 Å². The van der Waals surface area contributed by atoms with Gasteiger partial charge in [0.2, 0.25) is 0 Å². The molecule has 21 heavy (non-hydrogen) atoms. The van der Waals surface area contributed by atoms with Gasteiger partial charge in [-0.1, -0.05) is 17.7 Å². The molecule has 1 heterocycles. The van der Waals surface area contributed by atoms with Gasteiger partial charge in [0.05, 0.1) is 25.8 Å². The zero-order valence-corrected chi connectivity index (χ0v) is 14.1. The van der Waals surface area contributed by atoms with E-state index in [4.69, 9.17) is 11.6 Å². The number of thiazole rings is 1. The van der Waals surface area contributed by atoms with E-state index < -0.39 is 0 Å². The standard InChI is InChI=1S/C15H10BrClN2OS/c1-8-18-12-6-5-9(7-13(12)21-8)19-15(20)10-3-2-4-11(16)14(10)17/h2-7H,1H3,(H,19,20). The lowest BCUT2D eigenvalue weighted by Gasteiger charge is -2.07. The third-order valence-electron chi connectivity index (χ3n) is 2.95. The van der Waals surface area contributed by atoms with Crippen LogP contribution in [0.3, 0.4) is 0 Å². The summed E-state index contributed by atoms with van der Waals surface area (Å²) in [5.74, 6) is -0.234. The molecule has 106 valence electrons. The maximum absolute atomic E-state index is 12.3. The van der Waals surface area contributed by atoms with Gasteiger partial charge < -0.3 is 5.32 Å². The minimum absolute atomic E-state index is 0.234. The molecule has 0 aliphatic carbocycles. The second-order valence-electron chi connectivity index (χ2n) is 4.47. The van der Waals surface area contributed by atoms with Gasteiger partial charge in [0.15, 0.2) is 0 Å². The first-order valence-electron chi connectivity index (χ1n) is 6.17. The smallest absolute Gasteiger partial charge is 0.257 e. The van der Waals surface area contributed by atoms with Crippen LogP contribution >= 0.6 is 38.9 Å². The Hall–Kier alpha value is -1.43. The summed E-state index contributed by atoms with van der Waals surface area (Å²) in [6, 6.07) is 10.9. The number of fused-ring (bicyclic) bond motifs is 1. The first kappa shape index (κ1) is 14.5. The molecule has 0 radical (unpaired) electrons. The Morgan fingerprint density at radius 3 is 2.95 bits per heavy atom. The van der Waals surface area contributed by atoms with Crippen molar-refractivity contribution in [1.29, 1.82) is 0 Å². The van der Waals surface area contributed by atoms with Crippen LogP contribution in [0.2, 0.25) is 5.02 Å². The molecule has 0 saturated carbocycles. The van der Waals surface area contributed by atoms with Crippen LogP contribution in [0.1, 0.15) is 15.4 Å². The summed E-state index contributed by atoms with van der Waals surface area (Å²) in [5, 5.41) is 4.27. The van der Waals surface area contributed by atoms with Crippen molar-refractivity contribution in [1.82, 2.24) is 4.98 Å². The number of halogens is 2. The molecule has 0 unspecified atom stereocenters. The molecular weight excluding hydrogens is 372 g/mol. The van der Waals surface area contributed by atoms with Gasteiger partial charge in [0.25, 0.3) is 5.91 Å². The molecule has 0 atom stereocenters. The van der Waals surface area contributed by atoms with Crippen molar-refractivity contribution >= 4 is 60.7 Å². The highest BCUT2D eigenvalue weighted by Crippen LogP contribution is 2.28. The van der Waals surface area contributed by atoms with Crippen LogP contribution in [0.15, 0.2) is 40.9 Å². The van der Waals surface area contributed by atoms with E-state index in [2.05, 4.69) is 26.2 Å². The SMILES string of the molecule is Cc1nc2ccc(NC(=O)c3cccc(Br)c3Cl)cc2s1.